The van der Waals surface area contributed by atoms with E-state index >= 15 is 0 Å². The van der Waals surface area contributed by atoms with Crippen LogP contribution in [0.25, 0.3) is 0 Å². The van der Waals surface area contributed by atoms with E-state index in [1.165, 1.54) is 0 Å². The van der Waals surface area contributed by atoms with Gasteiger partial charge in [0.05, 0.1) is 11.6 Å². The second kappa shape index (κ2) is 4.77. The molecule has 1 aliphatic heterocycles. The van der Waals surface area contributed by atoms with Crippen molar-refractivity contribution in [3.05, 3.63) is 22.4 Å². The molecule has 2 heterocycles. The number of carbonyl (C=O) groups is 1. The first-order valence-electron chi connectivity index (χ1n) is 5.36. The first kappa shape index (κ1) is 10.6. The van der Waals surface area contributed by atoms with Gasteiger partial charge in [-0.05, 0) is 17.9 Å². The van der Waals surface area contributed by atoms with Crippen LogP contribution in [0.4, 0.5) is 0 Å². The number of nitrogens with one attached hydrogen (secondary N) is 1. The Hall–Kier alpha value is -0.870. The molecular formula is C11H16N2OS. The Bertz CT molecular complexity index is 319. The SMILES string of the molecule is CCCN(C(=O)c1ccsc1)C1CNC1. The fourth-order valence-corrected chi connectivity index (χ4v) is 2.37. The Morgan fingerprint density at radius 3 is 2.93 bits per heavy atom. The van der Waals surface area contributed by atoms with Crippen molar-refractivity contribution >= 4 is 17.2 Å². The summed E-state index contributed by atoms with van der Waals surface area (Å²) in [4.78, 5) is 14.1. The highest BCUT2D eigenvalue weighted by atomic mass is 32.1. The predicted octanol–water partition coefficient (Wildman–Crippen LogP) is 1.57. The van der Waals surface area contributed by atoms with E-state index < -0.39 is 0 Å². The van der Waals surface area contributed by atoms with Crippen LogP contribution in [0.3, 0.4) is 0 Å². The third-order valence-electron chi connectivity index (χ3n) is 2.69. The lowest BCUT2D eigenvalue weighted by molar-refractivity contribution is 0.0616. The summed E-state index contributed by atoms with van der Waals surface area (Å²) in [7, 11) is 0. The van der Waals surface area contributed by atoms with E-state index in [1.54, 1.807) is 11.3 Å². The molecule has 0 atom stereocenters. The minimum atomic E-state index is 0.185. The van der Waals surface area contributed by atoms with Gasteiger partial charge < -0.3 is 10.2 Å². The van der Waals surface area contributed by atoms with Crippen LogP contribution in [0, 0.1) is 0 Å². The topological polar surface area (TPSA) is 32.3 Å². The molecule has 3 nitrogen and oxygen atoms in total. The molecule has 0 spiro atoms. The van der Waals surface area contributed by atoms with Crippen molar-refractivity contribution in [2.45, 2.75) is 19.4 Å². The van der Waals surface area contributed by atoms with Crippen molar-refractivity contribution in [2.24, 2.45) is 0 Å². The third kappa shape index (κ3) is 2.21. The van der Waals surface area contributed by atoms with Gasteiger partial charge in [-0.3, -0.25) is 4.79 Å². The molecule has 0 aliphatic carbocycles. The zero-order valence-corrected chi connectivity index (χ0v) is 9.72. The molecule has 15 heavy (non-hydrogen) atoms. The molecule has 1 aromatic heterocycles. The lowest BCUT2D eigenvalue weighted by atomic mass is 10.1. The molecule has 0 unspecified atom stereocenters. The number of hydrogen-bond donors (Lipinski definition) is 1. The van der Waals surface area contributed by atoms with Gasteiger partial charge in [-0.25, -0.2) is 0 Å². The van der Waals surface area contributed by atoms with E-state index in [0.29, 0.717) is 6.04 Å². The zero-order valence-electron chi connectivity index (χ0n) is 8.90. The summed E-state index contributed by atoms with van der Waals surface area (Å²) in [6, 6.07) is 2.30. The van der Waals surface area contributed by atoms with Crippen LogP contribution in [-0.4, -0.2) is 36.5 Å². The van der Waals surface area contributed by atoms with Crippen molar-refractivity contribution in [3.8, 4) is 0 Å². The predicted molar refractivity (Wildman–Crippen MR) is 62.3 cm³/mol. The Morgan fingerprint density at radius 1 is 1.67 bits per heavy atom. The van der Waals surface area contributed by atoms with Gasteiger partial charge in [-0.15, -0.1) is 0 Å². The second-order valence-electron chi connectivity index (χ2n) is 3.82. The Labute approximate surface area is 94.1 Å². The van der Waals surface area contributed by atoms with Crippen LogP contribution in [-0.2, 0) is 0 Å². The van der Waals surface area contributed by atoms with Gasteiger partial charge in [-0.2, -0.15) is 11.3 Å². The molecule has 0 saturated carbocycles. The average molecular weight is 224 g/mol. The molecule has 0 aromatic carbocycles. The van der Waals surface area contributed by atoms with Crippen molar-refractivity contribution < 1.29 is 4.79 Å². The summed E-state index contributed by atoms with van der Waals surface area (Å²) in [5.41, 5.74) is 0.834. The Kier molecular flexibility index (Phi) is 3.38. The van der Waals surface area contributed by atoms with E-state index in [1.807, 2.05) is 21.7 Å². The van der Waals surface area contributed by atoms with Gasteiger partial charge in [-0.1, -0.05) is 6.92 Å². The molecule has 1 aromatic rings. The molecule has 1 fully saturated rings. The second-order valence-corrected chi connectivity index (χ2v) is 4.60. The average Bonchev–Trinajstić information content (AvgIpc) is 2.66. The fourth-order valence-electron chi connectivity index (χ4n) is 1.74. The third-order valence-corrected chi connectivity index (χ3v) is 3.38. The number of hydrogen-bond acceptors (Lipinski definition) is 3. The van der Waals surface area contributed by atoms with E-state index in [2.05, 4.69) is 12.2 Å². The molecule has 1 aliphatic rings. The Morgan fingerprint density at radius 2 is 2.47 bits per heavy atom. The number of amides is 1. The van der Waals surface area contributed by atoms with Crippen molar-refractivity contribution in [1.82, 2.24) is 10.2 Å². The smallest absolute Gasteiger partial charge is 0.255 e. The van der Waals surface area contributed by atoms with Crippen LogP contribution in [0.2, 0.25) is 0 Å². The maximum atomic E-state index is 12.1. The molecule has 2 rings (SSSR count). The molecule has 4 heteroatoms. The summed E-state index contributed by atoms with van der Waals surface area (Å²) in [6.07, 6.45) is 1.02. The monoisotopic (exact) mass is 224 g/mol. The highest BCUT2D eigenvalue weighted by Gasteiger charge is 2.28. The number of rotatable bonds is 4. The molecule has 1 amide bonds. The summed E-state index contributed by atoms with van der Waals surface area (Å²) in [6.45, 7) is 4.85. The van der Waals surface area contributed by atoms with Gasteiger partial charge in [0.15, 0.2) is 0 Å². The van der Waals surface area contributed by atoms with E-state index in [-0.39, 0.29) is 5.91 Å². The molecule has 1 saturated heterocycles. The van der Waals surface area contributed by atoms with Gasteiger partial charge >= 0.3 is 0 Å². The number of thiophene rings is 1. The van der Waals surface area contributed by atoms with Crippen LogP contribution in [0.15, 0.2) is 16.8 Å². The zero-order chi connectivity index (χ0) is 10.7. The minimum Gasteiger partial charge on any atom is -0.333 e. The lowest BCUT2D eigenvalue weighted by Crippen LogP contribution is -2.59. The normalized spacial score (nSPS) is 16.1. The van der Waals surface area contributed by atoms with Crippen LogP contribution >= 0.6 is 11.3 Å². The summed E-state index contributed by atoms with van der Waals surface area (Å²) in [5.74, 6) is 0.185. The first-order valence-corrected chi connectivity index (χ1v) is 6.31. The molecule has 0 bridgehead atoms. The van der Waals surface area contributed by atoms with Crippen LogP contribution < -0.4 is 5.32 Å². The van der Waals surface area contributed by atoms with E-state index in [9.17, 15) is 4.79 Å². The largest absolute Gasteiger partial charge is 0.333 e. The van der Waals surface area contributed by atoms with E-state index in [0.717, 1.165) is 31.6 Å². The van der Waals surface area contributed by atoms with Crippen LogP contribution in [0.1, 0.15) is 23.7 Å². The highest BCUT2D eigenvalue weighted by Crippen LogP contribution is 2.14. The van der Waals surface area contributed by atoms with Crippen molar-refractivity contribution in [1.29, 1.82) is 0 Å². The lowest BCUT2D eigenvalue weighted by Gasteiger charge is -2.38. The van der Waals surface area contributed by atoms with Gasteiger partial charge in [0.2, 0.25) is 0 Å². The van der Waals surface area contributed by atoms with E-state index in [4.69, 9.17) is 0 Å². The first-order chi connectivity index (χ1) is 7.33. The summed E-state index contributed by atoms with van der Waals surface area (Å²) in [5, 5.41) is 7.09. The van der Waals surface area contributed by atoms with Crippen LogP contribution in [0.5, 0.6) is 0 Å². The standard InChI is InChI=1S/C11H16N2OS/c1-2-4-13(10-6-12-7-10)11(14)9-3-5-15-8-9/h3,5,8,10,12H,2,4,6-7H2,1H3. The molecule has 82 valence electrons. The quantitative estimate of drug-likeness (QED) is 0.842. The molecule has 0 radical (unpaired) electrons. The highest BCUT2D eigenvalue weighted by molar-refractivity contribution is 7.08. The van der Waals surface area contributed by atoms with Gasteiger partial charge in [0.25, 0.3) is 5.91 Å². The van der Waals surface area contributed by atoms with Crippen molar-refractivity contribution in [2.75, 3.05) is 19.6 Å². The maximum absolute atomic E-state index is 12.1. The fraction of sp³-hybridized carbons (Fsp3) is 0.545. The maximum Gasteiger partial charge on any atom is 0.255 e. The summed E-state index contributed by atoms with van der Waals surface area (Å²) < 4.78 is 0. The van der Waals surface area contributed by atoms with Gasteiger partial charge in [0, 0.05) is 25.0 Å². The Balaban J connectivity index is 2.06. The molecule has 1 N–H and O–H groups in total. The van der Waals surface area contributed by atoms with Crippen molar-refractivity contribution in [3.63, 3.8) is 0 Å². The molecular weight excluding hydrogens is 208 g/mol. The summed E-state index contributed by atoms with van der Waals surface area (Å²) >= 11 is 1.58. The number of nitrogens with zero attached hydrogens (tertiary/aromatic N) is 1. The number of carbonyl (C=O) groups excluding carboxylic acids is 1. The van der Waals surface area contributed by atoms with Gasteiger partial charge in [0.1, 0.15) is 0 Å². The minimum absolute atomic E-state index is 0.185.